The predicted octanol–water partition coefficient (Wildman–Crippen LogP) is 1.58. The van der Waals surface area contributed by atoms with E-state index in [1.165, 1.54) is 19.2 Å². The number of hydrogen-bond acceptors (Lipinski definition) is 5. The van der Waals surface area contributed by atoms with E-state index in [4.69, 9.17) is 9.84 Å². The highest BCUT2D eigenvalue weighted by Gasteiger charge is 2.18. The molecule has 0 heterocycles. The molecule has 1 unspecified atom stereocenters. The summed E-state index contributed by atoms with van der Waals surface area (Å²) in [5.41, 5.74) is -0.119. The van der Waals surface area contributed by atoms with Crippen LogP contribution in [-0.4, -0.2) is 41.7 Å². The Morgan fingerprint density at radius 1 is 1.52 bits per heavy atom. The summed E-state index contributed by atoms with van der Waals surface area (Å²) in [4.78, 5) is 32.6. The molecule has 0 aliphatic rings. The van der Waals surface area contributed by atoms with E-state index < -0.39 is 22.9 Å². The van der Waals surface area contributed by atoms with Crippen molar-refractivity contribution in [3.05, 3.63) is 38.3 Å². The molecule has 0 saturated heterocycles. The van der Waals surface area contributed by atoms with Crippen molar-refractivity contribution in [3.63, 3.8) is 0 Å². The summed E-state index contributed by atoms with van der Waals surface area (Å²) in [6.07, 6.45) is -0.922. The van der Waals surface area contributed by atoms with Gasteiger partial charge in [0, 0.05) is 25.3 Å². The number of nitro groups is 1. The number of ether oxygens (including phenoxy) is 1. The average Bonchev–Trinajstić information content (AvgIpc) is 2.42. The number of carboxylic acids is 1. The Labute approximate surface area is 128 Å². The topological polar surface area (TPSA) is 119 Å². The smallest absolute Gasteiger partial charge is 0.306 e. The lowest BCUT2D eigenvalue weighted by molar-refractivity contribution is -0.385. The number of nitrogens with one attached hydrogen (secondary N) is 1. The summed E-state index contributed by atoms with van der Waals surface area (Å²) in [6.45, 7) is -0.00844. The van der Waals surface area contributed by atoms with Gasteiger partial charge in [-0.15, -0.1) is 0 Å². The lowest BCUT2D eigenvalue weighted by atomic mass is 10.2. The highest BCUT2D eigenvalue weighted by molar-refractivity contribution is 9.10. The molecule has 0 aliphatic carbocycles. The van der Waals surface area contributed by atoms with Crippen molar-refractivity contribution in [1.29, 1.82) is 0 Å². The third kappa shape index (κ3) is 5.12. The van der Waals surface area contributed by atoms with Crippen LogP contribution in [0, 0.1) is 10.1 Å². The van der Waals surface area contributed by atoms with Crippen LogP contribution in [0.15, 0.2) is 22.7 Å². The first kappa shape index (κ1) is 17.1. The van der Waals surface area contributed by atoms with Gasteiger partial charge in [0.05, 0.1) is 21.9 Å². The number of aliphatic carboxylic acids is 1. The summed E-state index contributed by atoms with van der Waals surface area (Å²) in [5, 5.41) is 21.9. The van der Waals surface area contributed by atoms with Gasteiger partial charge in [0.2, 0.25) is 0 Å². The maximum atomic E-state index is 11.9. The fourth-order valence-corrected chi connectivity index (χ4v) is 1.93. The van der Waals surface area contributed by atoms with Crippen LogP contribution in [0.5, 0.6) is 0 Å². The molecule has 1 amide bonds. The third-order valence-electron chi connectivity index (χ3n) is 2.63. The van der Waals surface area contributed by atoms with Crippen LogP contribution in [0.3, 0.4) is 0 Å². The number of carboxylic acid groups (broad SMARTS) is 1. The van der Waals surface area contributed by atoms with Gasteiger partial charge in [-0.25, -0.2) is 0 Å². The van der Waals surface area contributed by atoms with Crippen LogP contribution in [0.1, 0.15) is 16.8 Å². The quantitative estimate of drug-likeness (QED) is 0.562. The Kier molecular flexibility index (Phi) is 6.25. The first-order valence-electron chi connectivity index (χ1n) is 5.82. The van der Waals surface area contributed by atoms with E-state index in [-0.39, 0.29) is 28.7 Å². The fraction of sp³-hybridized carbons (Fsp3) is 0.333. The van der Waals surface area contributed by atoms with Crippen molar-refractivity contribution < 1.29 is 24.4 Å². The number of carbonyl (C=O) groups excluding carboxylic acids is 1. The number of methoxy groups -OCH3 is 1. The molecular formula is C12H13BrN2O6. The molecule has 1 aromatic rings. The van der Waals surface area contributed by atoms with Crippen molar-refractivity contribution in [2.75, 3.05) is 13.7 Å². The molecule has 9 heteroatoms. The van der Waals surface area contributed by atoms with E-state index in [1.807, 2.05) is 0 Å². The molecule has 1 atom stereocenters. The van der Waals surface area contributed by atoms with Gasteiger partial charge in [-0.05, 0) is 28.1 Å². The summed E-state index contributed by atoms with van der Waals surface area (Å²) < 4.78 is 5.19. The number of rotatable bonds is 7. The second-order valence-electron chi connectivity index (χ2n) is 4.09. The number of hydrogen-bond donors (Lipinski definition) is 2. The van der Waals surface area contributed by atoms with Crippen LogP contribution in [-0.2, 0) is 9.53 Å². The molecule has 0 spiro atoms. The second kappa shape index (κ2) is 7.70. The fourth-order valence-electron chi connectivity index (χ4n) is 1.54. The van der Waals surface area contributed by atoms with Crippen LogP contribution in [0.25, 0.3) is 0 Å². The van der Waals surface area contributed by atoms with E-state index in [0.29, 0.717) is 0 Å². The molecule has 2 N–H and O–H groups in total. The van der Waals surface area contributed by atoms with Gasteiger partial charge in [-0.1, -0.05) is 0 Å². The minimum atomic E-state index is -1.05. The summed E-state index contributed by atoms with van der Waals surface area (Å²) in [5.74, 6) is -1.59. The monoisotopic (exact) mass is 360 g/mol. The predicted molar refractivity (Wildman–Crippen MR) is 76.2 cm³/mol. The van der Waals surface area contributed by atoms with Crippen LogP contribution in [0.2, 0.25) is 0 Å². The number of amides is 1. The highest BCUT2D eigenvalue weighted by Crippen LogP contribution is 2.25. The van der Waals surface area contributed by atoms with E-state index in [1.54, 1.807) is 0 Å². The standard InChI is InChI=1S/C12H13BrN2O6/c1-21-8(5-11(16)17)6-14-12(18)7-2-3-9(13)10(4-7)15(19)20/h2-4,8H,5-6H2,1H3,(H,14,18)(H,16,17). The first-order chi connectivity index (χ1) is 9.85. The number of nitrogens with zero attached hydrogens (tertiary/aromatic N) is 1. The summed E-state index contributed by atoms with van der Waals surface area (Å²) in [7, 11) is 1.34. The average molecular weight is 361 g/mol. The maximum Gasteiger partial charge on any atom is 0.306 e. The van der Waals surface area contributed by atoms with Gasteiger partial charge in [-0.3, -0.25) is 19.7 Å². The molecule has 1 rings (SSSR count). The van der Waals surface area contributed by atoms with Crippen LogP contribution < -0.4 is 5.32 Å². The Morgan fingerprint density at radius 2 is 2.19 bits per heavy atom. The van der Waals surface area contributed by atoms with Crippen molar-refractivity contribution in [2.24, 2.45) is 0 Å². The van der Waals surface area contributed by atoms with Crippen molar-refractivity contribution >= 4 is 33.5 Å². The lowest BCUT2D eigenvalue weighted by Crippen LogP contribution is -2.34. The van der Waals surface area contributed by atoms with Gasteiger partial charge in [0.1, 0.15) is 0 Å². The molecule has 0 radical (unpaired) electrons. The molecule has 114 valence electrons. The molecule has 0 aromatic heterocycles. The Bertz CT molecular complexity index is 563. The normalized spacial score (nSPS) is 11.7. The SMILES string of the molecule is COC(CNC(=O)c1ccc(Br)c([N+](=O)[O-])c1)CC(=O)O. The summed E-state index contributed by atoms with van der Waals surface area (Å²) in [6, 6.07) is 3.96. The minimum absolute atomic E-state index is 0.00844. The van der Waals surface area contributed by atoms with E-state index in [0.717, 1.165) is 6.07 Å². The largest absolute Gasteiger partial charge is 0.481 e. The van der Waals surface area contributed by atoms with Crippen molar-refractivity contribution in [2.45, 2.75) is 12.5 Å². The number of benzene rings is 1. The zero-order valence-corrected chi connectivity index (χ0v) is 12.6. The Balaban J connectivity index is 2.74. The molecule has 0 bridgehead atoms. The van der Waals surface area contributed by atoms with E-state index >= 15 is 0 Å². The maximum absolute atomic E-state index is 11.9. The number of nitro benzene ring substituents is 1. The lowest BCUT2D eigenvalue weighted by Gasteiger charge is -2.13. The highest BCUT2D eigenvalue weighted by atomic mass is 79.9. The second-order valence-corrected chi connectivity index (χ2v) is 4.94. The van der Waals surface area contributed by atoms with Crippen molar-refractivity contribution in [1.82, 2.24) is 5.32 Å². The third-order valence-corrected chi connectivity index (χ3v) is 3.30. The molecule has 1 aromatic carbocycles. The minimum Gasteiger partial charge on any atom is -0.481 e. The molecular weight excluding hydrogens is 348 g/mol. The zero-order valence-electron chi connectivity index (χ0n) is 11.0. The Hall–Kier alpha value is -2.00. The number of halogens is 1. The van der Waals surface area contributed by atoms with Gasteiger partial charge < -0.3 is 15.2 Å². The van der Waals surface area contributed by atoms with Crippen molar-refractivity contribution in [3.8, 4) is 0 Å². The van der Waals surface area contributed by atoms with E-state index in [2.05, 4.69) is 21.2 Å². The van der Waals surface area contributed by atoms with Gasteiger partial charge >= 0.3 is 5.97 Å². The van der Waals surface area contributed by atoms with Gasteiger partial charge in [0.25, 0.3) is 11.6 Å². The van der Waals surface area contributed by atoms with Crippen LogP contribution >= 0.6 is 15.9 Å². The summed E-state index contributed by atoms with van der Waals surface area (Å²) >= 11 is 3.02. The molecule has 0 aliphatic heterocycles. The number of carbonyl (C=O) groups is 2. The molecule has 0 fully saturated rings. The molecule has 0 saturated carbocycles. The zero-order chi connectivity index (χ0) is 16.0. The van der Waals surface area contributed by atoms with Crippen LogP contribution in [0.4, 0.5) is 5.69 Å². The van der Waals surface area contributed by atoms with Gasteiger partial charge in [0.15, 0.2) is 0 Å². The Morgan fingerprint density at radius 3 is 2.71 bits per heavy atom. The first-order valence-corrected chi connectivity index (χ1v) is 6.61. The van der Waals surface area contributed by atoms with E-state index in [9.17, 15) is 19.7 Å². The molecule has 21 heavy (non-hydrogen) atoms. The molecule has 8 nitrogen and oxygen atoms in total. The van der Waals surface area contributed by atoms with Gasteiger partial charge in [-0.2, -0.15) is 0 Å².